The van der Waals surface area contributed by atoms with Crippen molar-refractivity contribution < 1.29 is 41.1 Å². The fourth-order valence-corrected chi connectivity index (χ4v) is 5.42. The van der Waals surface area contributed by atoms with Crippen LogP contribution in [0.5, 0.6) is 0 Å². The average molecular weight is 598 g/mol. The Bertz CT molecular complexity index is 1320. The lowest BCUT2D eigenvalue weighted by Crippen LogP contribution is -2.33. The van der Waals surface area contributed by atoms with Gasteiger partial charge in [-0.2, -0.15) is 18.2 Å². The van der Waals surface area contributed by atoms with E-state index in [0.29, 0.717) is 11.1 Å². The molecule has 9 nitrogen and oxygen atoms in total. The van der Waals surface area contributed by atoms with E-state index in [1.807, 2.05) is 0 Å². The lowest BCUT2D eigenvalue weighted by Gasteiger charge is -2.23. The molecule has 208 valence electrons. The molecule has 0 aromatic heterocycles. The second-order valence-corrected chi connectivity index (χ2v) is 11.4. The Morgan fingerprint density at radius 2 is 1.84 bits per heavy atom. The van der Waals surface area contributed by atoms with Gasteiger partial charge in [0.05, 0.1) is 29.4 Å². The second kappa shape index (κ2) is 12.1. The van der Waals surface area contributed by atoms with E-state index < -0.39 is 33.6 Å². The number of hydrogen-bond acceptors (Lipinski definition) is 6. The number of nitrogens with zero attached hydrogens (tertiary/aromatic N) is 2. The Kier molecular flexibility index (Phi) is 9.52. The molecule has 0 atom stereocenters. The predicted molar refractivity (Wildman–Crippen MR) is 133 cm³/mol. The minimum atomic E-state index is -4.85. The fourth-order valence-electron chi connectivity index (χ4n) is 3.83. The van der Waals surface area contributed by atoms with Crippen molar-refractivity contribution in [3.05, 3.63) is 62.6 Å². The third-order valence-electron chi connectivity index (χ3n) is 5.81. The van der Waals surface area contributed by atoms with Gasteiger partial charge in [0.15, 0.2) is 9.84 Å². The molecular formula is C23H24Cl2F3N3O6S. The highest BCUT2D eigenvalue weighted by Gasteiger charge is 2.36. The Morgan fingerprint density at radius 3 is 2.47 bits per heavy atom. The number of hydroxylamine groups is 2. The number of halogens is 5. The van der Waals surface area contributed by atoms with Crippen molar-refractivity contribution in [2.45, 2.75) is 31.1 Å². The van der Waals surface area contributed by atoms with Gasteiger partial charge in [-0.3, -0.25) is 14.5 Å². The van der Waals surface area contributed by atoms with Gasteiger partial charge < -0.3 is 10.4 Å². The molecule has 0 spiro atoms. The third kappa shape index (κ3) is 7.29. The van der Waals surface area contributed by atoms with Gasteiger partial charge in [0.1, 0.15) is 0 Å². The maximum absolute atomic E-state index is 14.0. The van der Waals surface area contributed by atoms with E-state index in [1.165, 1.54) is 25.1 Å². The Hall–Kier alpha value is -2.58. The van der Waals surface area contributed by atoms with Crippen molar-refractivity contribution in [3.8, 4) is 0 Å². The molecule has 0 bridgehead atoms. The summed E-state index contributed by atoms with van der Waals surface area (Å²) in [6, 6.07) is 5.83. The summed E-state index contributed by atoms with van der Waals surface area (Å²) < 4.78 is 66.7. The fraction of sp³-hybridized carbons (Fsp3) is 0.391. The minimum Gasteiger partial charge on any atom is -0.463 e. The van der Waals surface area contributed by atoms with Crippen LogP contribution in [0, 0.1) is 0 Å². The zero-order valence-corrected chi connectivity index (χ0v) is 22.3. The van der Waals surface area contributed by atoms with Crippen LogP contribution in [0.25, 0.3) is 0 Å². The highest BCUT2D eigenvalue weighted by atomic mass is 35.5. The topological polar surface area (TPSA) is 116 Å². The monoisotopic (exact) mass is 597 g/mol. The number of benzene rings is 2. The lowest BCUT2D eigenvalue weighted by molar-refractivity contribution is -0.138. The zero-order chi connectivity index (χ0) is 28.3. The molecule has 2 amide bonds. The standard InChI is InChI=1S/C23H24Cl2F3N3O6S/c1-2-38(35,36)20-4-3-16(24)9-15(20)12-29-21(32)14-10-18(23(26,27)28)17(19(25)11-14)13-30-5-6-31(22(33)34)37-8-7-30/h3-4,9-11H,2,5-8,12-13H2,1H3,(H,29,32)(H,33,34). The molecule has 0 radical (unpaired) electrons. The molecule has 1 fully saturated rings. The van der Waals surface area contributed by atoms with Gasteiger partial charge in [-0.25, -0.2) is 13.2 Å². The molecule has 1 saturated heterocycles. The summed E-state index contributed by atoms with van der Waals surface area (Å²) in [6.45, 7) is 1.02. The van der Waals surface area contributed by atoms with Crippen LogP contribution in [0.3, 0.4) is 0 Å². The second-order valence-electron chi connectivity index (χ2n) is 8.31. The van der Waals surface area contributed by atoms with E-state index in [4.69, 9.17) is 33.1 Å². The Labute approximate surface area is 226 Å². The van der Waals surface area contributed by atoms with E-state index in [9.17, 15) is 31.2 Å². The van der Waals surface area contributed by atoms with E-state index in [1.54, 1.807) is 4.90 Å². The number of rotatable bonds is 7. The van der Waals surface area contributed by atoms with Crippen LogP contribution in [0.1, 0.15) is 34.0 Å². The summed E-state index contributed by atoms with van der Waals surface area (Å²) in [5, 5.41) is 12.1. The summed E-state index contributed by atoms with van der Waals surface area (Å²) in [4.78, 5) is 30.5. The number of carbonyl (C=O) groups is 2. The third-order valence-corrected chi connectivity index (χ3v) is 8.21. The zero-order valence-electron chi connectivity index (χ0n) is 20.0. The van der Waals surface area contributed by atoms with Crippen molar-refractivity contribution in [1.29, 1.82) is 0 Å². The largest absolute Gasteiger partial charge is 0.463 e. The molecular weight excluding hydrogens is 574 g/mol. The maximum atomic E-state index is 14.0. The first-order chi connectivity index (χ1) is 17.7. The van der Waals surface area contributed by atoms with Crippen LogP contribution in [-0.4, -0.2) is 67.5 Å². The van der Waals surface area contributed by atoms with Gasteiger partial charge in [0, 0.05) is 41.8 Å². The number of carboxylic acid groups (broad SMARTS) is 1. The normalized spacial score (nSPS) is 15.3. The van der Waals surface area contributed by atoms with Gasteiger partial charge in [-0.1, -0.05) is 30.1 Å². The number of carbonyl (C=O) groups excluding carboxylic acids is 1. The molecule has 1 heterocycles. The van der Waals surface area contributed by atoms with Gasteiger partial charge in [-0.05, 0) is 41.5 Å². The smallest absolute Gasteiger partial charge is 0.431 e. The number of alkyl halides is 3. The number of amides is 2. The van der Waals surface area contributed by atoms with Crippen molar-refractivity contribution in [2.24, 2.45) is 0 Å². The quantitative estimate of drug-likeness (QED) is 0.484. The molecule has 3 rings (SSSR count). The van der Waals surface area contributed by atoms with Crippen LogP contribution in [0.2, 0.25) is 10.0 Å². The van der Waals surface area contributed by atoms with Crippen LogP contribution < -0.4 is 5.32 Å². The molecule has 1 aliphatic rings. The van der Waals surface area contributed by atoms with Gasteiger partial charge in [0.25, 0.3) is 5.91 Å². The molecule has 1 aliphatic heterocycles. The summed E-state index contributed by atoms with van der Waals surface area (Å²) in [5.74, 6) is -1.09. The summed E-state index contributed by atoms with van der Waals surface area (Å²) in [6.07, 6.45) is -6.16. The van der Waals surface area contributed by atoms with E-state index >= 15 is 0 Å². The highest BCUT2D eigenvalue weighted by molar-refractivity contribution is 7.91. The summed E-state index contributed by atoms with van der Waals surface area (Å²) in [5.41, 5.74) is -1.58. The van der Waals surface area contributed by atoms with E-state index in [0.717, 1.165) is 6.07 Å². The Morgan fingerprint density at radius 1 is 1.13 bits per heavy atom. The first kappa shape index (κ1) is 30.0. The maximum Gasteiger partial charge on any atom is 0.431 e. The number of hydrogen-bond donors (Lipinski definition) is 2. The molecule has 2 N–H and O–H groups in total. The van der Waals surface area contributed by atoms with Gasteiger partial charge in [-0.15, -0.1) is 0 Å². The summed E-state index contributed by atoms with van der Waals surface area (Å²) >= 11 is 12.2. The van der Waals surface area contributed by atoms with Crippen LogP contribution in [-0.2, 0) is 33.9 Å². The van der Waals surface area contributed by atoms with Crippen LogP contribution in [0.15, 0.2) is 35.2 Å². The highest BCUT2D eigenvalue weighted by Crippen LogP contribution is 2.37. The van der Waals surface area contributed by atoms with E-state index in [2.05, 4.69) is 5.32 Å². The van der Waals surface area contributed by atoms with E-state index in [-0.39, 0.29) is 76.7 Å². The number of nitrogens with one attached hydrogen (secondary N) is 1. The van der Waals surface area contributed by atoms with Crippen molar-refractivity contribution in [2.75, 3.05) is 32.0 Å². The molecule has 38 heavy (non-hydrogen) atoms. The molecule has 0 saturated carbocycles. The van der Waals surface area contributed by atoms with Crippen LogP contribution in [0.4, 0.5) is 18.0 Å². The molecule has 2 aromatic carbocycles. The summed E-state index contributed by atoms with van der Waals surface area (Å²) in [7, 11) is -3.65. The van der Waals surface area contributed by atoms with Gasteiger partial charge in [0.2, 0.25) is 0 Å². The average Bonchev–Trinajstić information content (AvgIpc) is 3.08. The number of sulfone groups is 1. The van der Waals surface area contributed by atoms with Crippen molar-refractivity contribution in [3.63, 3.8) is 0 Å². The van der Waals surface area contributed by atoms with Crippen LogP contribution >= 0.6 is 23.2 Å². The molecule has 15 heteroatoms. The predicted octanol–water partition coefficient (Wildman–Crippen LogP) is 4.46. The first-order valence-electron chi connectivity index (χ1n) is 11.3. The first-order valence-corrected chi connectivity index (χ1v) is 13.7. The SMILES string of the molecule is CCS(=O)(=O)c1ccc(Cl)cc1CNC(=O)c1cc(Cl)c(CN2CCON(C(=O)O)CC2)c(C(F)(F)F)c1. The molecule has 0 unspecified atom stereocenters. The van der Waals surface area contributed by atoms with Crippen molar-refractivity contribution in [1.82, 2.24) is 15.3 Å². The lowest BCUT2D eigenvalue weighted by atomic mass is 10.0. The molecule has 0 aliphatic carbocycles. The Balaban J connectivity index is 1.85. The van der Waals surface area contributed by atoms with Crippen molar-refractivity contribution >= 4 is 45.0 Å². The molecule has 2 aromatic rings. The van der Waals surface area contributed by atoms with Gasteiger partial charge >= 0.3 is 12.3 Å². The minimum absolute atomic E-state index is 0.0445.